The Hall–Kier alpha value is -3.49. The second-order valence-electron chi connectivity index (χ2n) is 9.19. The third-order valence-electron chi connectivity index (χ3n) is 6.45. The van der Waals surface area contributed by atoms with Crippen LogP contribution in [0, 0.1) is 6.92 Å². The number of methoxy groups -OCH3 is 1. The third-order valence-corrected chi connectivity index (χ3v) is 6.45. The SMILES string of the molecule is COc1cccc([C@@H](C)C(=O)N2CC[C@H](Nc3ccc(-c4cn(C)c(C(C)(F)F)n4)c(C)n3)C2)c1. The van der Waals surface area contributed by atoms with Crippen LogP contribution in [-0.2, 0) is 17.8 Å². The highest BCUT2D eigenvalue weighted by molar-refractivity contribution is 5.83. The molecule has 186 valence electrons. The lowest BCUT2D eigenvalue weighted by molar-refractivity contribution is -0.131. The minimum Gasteiger partial charge on any atom is -0.497 e. The van der Waals surface area contributed by atoms with Crippen molar-refractivity contribution >= 4 is 11.7 Å². The largest absolute Gasteiger partial charge is 0.497 e. The van der Waals surface area contributed by atoms with E-state index in [4.69, 9.17) is 4.74 Å². The number of aryl methyl sites for hydroxylation is 2. The predicted molar refractivity (Wildman–Crippen MR) is 131 cm³/mol. The fourth-order valence-corrected chi connectivity index (χ4v) is 4.53. The number of carbonyl (C=O) groups is 1. The fraction of sp³-hybridized carbons (Fsp3) is 0.423. The Kier molecular flexibility index (Phi) is 6.78. The molecule has 1 N–H and O–H groups in total. The number of aromatic nitrogens is 3. The first kappa shape index (κ1) is 24.6. The number of likely N-dealkylation sites (tertiary alicyclic amines) is 1. The number of anilines is 1. The third kappa shape index (κ3) is 5.28. The standard InChI is InChI=1S/C26H31F2N5O2/c1-16(18-7-6-8-20(13-18)35-5)24(34)33-12-11-19(14-33)30-23-10-9-21(17(2)29-23)22-15-32(4)25(31-22)26(3,27)28/h6-10,13,15-16,19H,11-12,14H2,1-5H3,(H,29,30)/t16-,19+/m1/s1. The monoisotopic (exact) mass is 483 g/mol. The van der Waals surface area contributed by atoms with E-state index in [1.54, 1.807) is 20.4 Å². The number of imidazole rings is 1. The van der Waals surface area contributed by atoms with Gasteiger partial charge in [-0.05, 0) is 50.1 Å². The lowest BCUT2D eigenvalue weighted by atomic mass is 9.99. The van der Waals surface area contributed by atoms with E-state index in [0.717, 1.165) is 24.7 Å². The maximum atomic E-state index is 13.8. The average Bonchev–Trinajstić information content (AvgIpc) is 3.44. The second kappa shape index (κ2) is 9.64. The van der Waals surface area contributed by atoms with Gasteiger partial charge in [0.2, 0.25) is 5.91 Å². The number of pyridine rings is 1. The van der Waals surface area contributed by atoms with E-state index in [1.807, 2.05) is 55.1 Å². The van der Waals surface area contributed by atoms with Crippen LogP contribution in [0.3, 0.4) is 0 Å². The van der Waals surface area contributed by atoms with Crippen molar-refractivity contribution in [1.82, 2.24) is 19.4 Å². The van der Waals surface area contributed by atoms with Gasteiger partial charge in [0.1, 0.15) is 11.6 Å². The van der Waals surface area contributed by atoms with Gasteiger partial charge in [-0.3, -0.25) is 4.79 Å². The summed E-state index contributed by atoms with van der Waals surface area (Å²) in [5.74, 6) is -2.07. The molecule has 0 unspecified atom stereocenters. The molecule has 3 aromatic rings. The highest BCUT2D eigenvalue weighted by Gasteiger charge is 2.31. The zero-order valence-electron chi connectivity index (χ0n) is 20.7. The van der Waals surface area contributed by atoms with E-state index >= 15 is 0 Å². The molecule has 3 heterocycles. The topological polar surface area (TPSA) is 72.3 Å². The van der Waals surface area contributed by atoms with Crippen molar-refractivity contribution in [3.63, 3.8) is 0 Å². The van der Waals surface area contributed by atoms with Gasteiger partial charge >= 0.3 is 5.92 Å². The van der Waals surface area contributed by atoms with Crippen LogP contribution in [0.5, 0.6) is 5.75 Å². The Bertz CT molecular complexity index is 1220. The zero-order valence-corrected chi connectivity index (χ0v) is 20.7. The number of halogens is 2. The molecule has 1 amide bonds. The molecule has 1 fully saturated rings. The molecule has 1 aromatic carbocycles. The summed E-state index contributed by atoms with van der Waals surface area (Å²) >= 11 is 0. The first-order valence-electron chi connectivity index (χ1n) is 11.7. The molecule has 1 saturated heterocycles. The van der Waals surface area contributed by atoms with E-state index in [0.29, 0.717) is 35.9 Å². The van der Waals surface area contributed by atoms with Crippen molar-refractivity contribution in [3.8, 4) is 17.0 Å². The second-order valence-corrected chi connectivity index (χ2v) is 9.19. The van der Waals surface area contributed by atoms with Crippen LogP contribution in [-0.4, -0.2) is 51.6 Å². The molecule has 35 heavy (non-hydrogen) atoms. The lowest BCUT2D eigenvalue weighted by Crippen LogP contribution is -2.34. The van der Waals surface area contributed by atoms with E-state index in [1.165, 1.54) is 4.57 Å². The number of rotatable bonds is 7. The Balaban J connectivity index is 1.41. The normalized spacial score (nSPS) is 16.9. The molecular weight excluding hydrogens is 452 g/mol. The quantitative estimate of drug-likeness (QED) is 0.526. The summed E-state index contributed by atoms with van der Waals surface area (Å²) in [6.45, 7) is 5.84. The van der Waals surface area contributed by atoms with Crippen LogP contribution in [0.15, 0.2) is 42.6 Å². The molecule has 2 atom stereocenters. The van der Waals surface area contributed by atoms with Crippen LogP contribution in [0.1, 0.15) is 43.3 Å². The van der Waals surface area contributed by atoms with Gasteiger partial charge in [-0.25, -0.2) is 9.97 Å². The Morgan fingerprint density at radius 1 is 1.26 bits per heavy atom. The van der Waals surface area contributed by atoms with Crippen molar-refractivity contribution < 1.29 is 18.3 Å². The van der Waals surface area contributed by atoms with Crippen LogP contribution >= 0.6 is 0 Å². The Morgan fingerprint density at radius 2 is 2.03 bits per heavy atom. The number of ether oxygens (including phenoxy) is 1. The Morgan fingerprint density at radius 3 is 2.69 bits per heavy atom. The van der Waals surface area contributed by atoms with Gasteiger partial charge in [0.15, 0.2) is 5.82 Å². The minimum absolute atomic E-state index is 0.0782. The molecule has 1 aliphatic rings. The van der Waals surface area contributed by atoms with Crippen LogP contribution < -0.4 is 10.1 Å². The summed E-state index contributed by atoms with van der Waals surface area (Å²) in [7, 11) is 3.17. The average molecular weight is 484 g/mol. The molecule has 0 spiro atoms. The first-order chi connectivity index (χ1) is 16.6. The molecule has 9 heteroatoms. The first-order valence-corrected chi connectivity index (χ1v) is 11.7. The summed E-state index contributed by atoms with van der Waals surface area (Å²) in [6, 6.07) is 11.3. The number of hydrogen-bond acceptors (Lipinski definition) is 5. The summed E-state index contributed by atoms with van der Waals surface area (Å²) in [5.41, 5.74) is 2.79. The van der Waals surface area contributed by atoms with Gasteiger partial charge in [-0.15, -0.1) is 0 Å². The highest BCUT2D eigenvalue weighted by Crippen LogP contribution is 2.30. The van der Waals surface area contributed by atoms with Gasteiger partial charge in [0, 0.05) is 50.6 Å². The fourth-order valence-electron chi connectivity index (χ4n) is 4.53. The maximum absolute atomic E-state index is 13.8. The maximum Gasteiger partial charge on any atom is 0.302 e. The number of nitrogens with one attached hydrogen (secondary N) is 1. The molecule has 0 aliphatic carbocycles. The van der Waals surface area contributed by atoms with Crippen LogP contribution in [0.2, 0.25) is 0 Å². The van der Waals surface area contributed by atoms with E-state index in [-0.39, 0.29) is 23.7 Å². The van der Waals surface area contributed by atoms with Gasteiger partial charge in [0.25, 0.3) is 0 Å². The number of amides is 1. The summed E-state index contributed by atoms with van der Waals surface area (Å²) in [5, 5.41) is 3.41. The van der Waals surface area contributed by atoms with Crippen molar-refractivity contribution in [3.05, 3.63) is 59.7 Å². The van der Waals surface area contributed by atoms with Gasteiger partial charge in [-0.2, -0.15) is 8.78 Å². The summed E-state index contributed by atoms with van der Waals surface area (Å²) in [4.78, 5) is 23.7. The molecule has 0 saturated carbocycles. The highest BCUT2D eigenvalue weighted by atomic mass is 19.3. The molecule has 7 nitrogen and oxygen atoms in total. The number of nitrogens with zero attached hydrogens (tertiary/aromatic N) is 4. The lowest BCUT2D eigenvalue weighted by Gasteiger charge is -2.22. The van der Waals surface area contributed by atoms with Crippen molar-refractivity contribution in [2.45, 2.75) is 45.1 Å². The molecular formula is C26H31F2N5O2. The van der Waals surface area contributed by atoms with E-state index < -0.39 is 5.92 Å². The molecule has 1 aliphatic heterocycles. The van der Waals surface area contributed by atoms with Crippen LogP contribution in [0.25, 0.3) is 11.3 Å². The van der Waals surface area contributed by atoms with Gasteiger partial charge in [0.05, 0.1) is 18.7 Å². The molecule has 4 rings (SSSR count). The van der Waals surface area contributed by atoms with E-state index in [2.05, 4.69) is 15.3 Å². The molecule has 2 aromatic heterocycles. The number of carbonyl (C=O) groups excluding carboxylic acids is 1. The number of hydrogen-bond donors (Lipinski definition) is 1. The van der Waals surface area contributed by atoms with Crippen molar-refractivity contribution in [2.75, 3.05) is 25.5 Å². The van der Waals surface area contributed by atoms with Crippen molar-refractivity contribution in [1.29, 1.82) is 0 Å². The smallest absolute Gasteiger partial charge is 0.302 e. The van der Waals surface area contributed by atoms with Gasteiger partial charge in [-0.1, -0.05) is 12.1 Å². The van der Waals surface area contributed by atoms with Crippen molar-refractivity contribution in [2.24, 2.45) is 7.05 Å². The molecule has 0 radical (unpaired) electrons. The van der Waals surface area contributed by atoms with Crippen LogP contribution in [0.4, 0.5) is 14.6 Å². The number of alkyl halides is 2. The predicted octanol–water partition coefficient (Wildman–Crippen LogP) is 4.73. The van der Waals surface area contributed by atoms with Gasteiger partial charge < -0.3 is 19.5 Å². The summed E-state index contributed by atoms with van der Waals surface area (Å²) in [6.07, 6.45) is 2.40. The van der Waals surface area contributed by atoms with E-state index in [9.17, 15) is 13.6 Å². The summed E-state index contributed by atoms with van der Waals surface area (Å²) < 4.78 is 34.2. The zero-order chi connectivity index (χ0) is 25.3. The molecule has 0 bridgehead atoms. The minimum atomic E-state index is -3.02. The Labute approximate surface area is 204 Å². The number of benzene rings is 1.